The molecule has 0 bridgehead atoms. The van der Waals surface area contributed by atoms with Gasteiger partial charge in [0.15, 0.2) is 0 Å². The summed E-state index contributed by atoms with van der Waals surface area (Å²) in [4.78, 5) is 26.6. The van der Waals surface area contributed by atoms with Crippen LogP contribution in [0.15, 0.2) is 24.3 Å². The number of fused-ring (bicyclic) bond motifs is 1. The van der Waals surface area contributed by atoms with Gasteiger partial charge < -0.3 is 14.9 Å². The molecule has 1 fully saturated rings. The molecule has 100 valence electrons. The smallest absolute Gasteiger partial charge is 0.306 e. The molecule has 1 N–H and O–H groups in total. The number of carboxylic acid groups (broad SMARTS) is 1. The molecule has 0 radical (unpaired) electrons. The van der Waals surface area contributed by atoms with Gasteiger partial charge in [-0.05, 0) is 25.0 Å². The summed E-state index contributed by atoms with van der Waals surface area (Å²) in [6.45, 7) is 0.338. The SMILES string of the molecule is CN1C(=O)CN(C2CC(C(=O)O)C2)c2ccccc21. The third-order valence-corrected chi connectivity index (χ3v) is 4.14. The normalized spacial score (nSPS) is 25.8. The molecule has 5 nitrogen and oxygen atoms in total. The predicted octanol–water partition coefficient (Wildman–Crippen LogP) is 1.33. The summed E-state index contributed by atoms with van der Waals surface area (Å²) in [5, 5.41) is 8.95. The van der Waals surface area contributed by atoms with Crippen LogP contribution in [0.1, 0.15) is 12.8 Å². The van der Waals surface area contributed by atoms with Crippen LogP contribution in [0.3, 0.4) is 0 Å². The number of anilines is 2. The number of hydrogen-bond donors (Lipinski definition) is 1. The summed E-state index contributed by atoms with van der Waals surface area (Å²) in [6.07, 6.45) is 1.25. The summed E-state index contributed by atoms with van der Waals surface area (Å²) in [6, 6.07) is 7.94. The molecule has 3 rings (SSSR count). The second-order valence-electron chi connectivity index (χ2n) is 5.23. The Kier molecular flexibility index (Phi) is 2.69. The lowest BCUT2D eigenvalue weighted by Gasteiger charge is -2.46. The number of carbonyl (C=O) groups is 2. The highest BCUT2D eigenvalue weighted by molar-refractivity contribution is 6.03. The number of rotatable bonds is 2. The van der Waals surface area contributed by atoms with Gasteiger partial charge in [0.05, 0.1) is 23.8 Å². The Labute approximate surface area is 111 Å². The third kappa shape index (κ3) is 1.85. The lowest BCUT2D eigenvalue weighted by atomic mass is 9.79. The fraction of sp³-hybridized carbons (Fsp3) is 0.429. The first-order chi connectivity index (χ1) is 9.08. The Balaban J connectivity index is 1.86. The maximum Gasteiger partial charge on any atom is 0.306 e. The van der Waals surface area contributed by atoms with Crippen LogP contribution in [0.25, 0.3) is 0 Å². The minimum absolute atomic E-state index is 0.0532. The van der Waals surface area contributed by atoms with E-state index in [0.29, 0.717) is 19.4 Å². The maximum atomic E-state index is 12.0. The lowest BCUT2D eigenvalue weighted by Crippen LogP contribution is -2.53. The van der Waals surface area contributed by atoms with Gasteiger partial charge in [0.25, 0.3) is 0 Å². The first-order valence-electron chi connectivity index (χ1n) is 6.43. The molecule has 2 aliphatic rings. The van der Waals surface area contributed by atoms with E-state index in [0.717, 1.165) is 11.4 Å². The van der Waals surface area contributed by atoms with Crippen molar-refractivity contribution in [3.8, 4) is 0 Å². The van der Waals surface area contributed by atoms with Gasteiger partial charge in [0, 0.05) is 13.1 Å². The number of para-hydroxylation sites is 2. The van der Waals surface area contributed by atoms with Crippen molar-refractivity contribution < 1.29 is 14.7 Å². The summed E-state index contributed by atoms with van der Waals surface area (Å²) >= 11 is 0. The molecule has 1 aliphatic heterocycles. The van der Waals surface area contributed by atoms with Gasteiger partial charge >= 0.3 is 5.97 Å². The van der Waals surface area contributed by atoms with Crippen molar-refractivity contribution in [2.24, 2.45) is 5.92 Å². The number of nitrogens with zero attached hydrogens (tertiary/aromatic N) is 2. The van der Waals surface area contributed by atoms with E-state index in [1.54, 1.807) is 11.9 Å². The Bertz CT molecular complexity index is 537. The minimum Gasteiger partial charge on any atom is -0.481 e. The second-order valence-corrected chi connectivity index (χ2v) is 5.23. The number of benzene rings is 1. The van der Waals surface area contributed by atoms with Crippen molar-refractivity contribution in [2.45, 2.75) is 18.9 Å². The summed E-state index contributed by atoms with van der Waals surface area (Å²) < 4.78 is 0. The molecule has 0 saturated heterocycles. The molecular weight excluding hydrogens is 244 g/mol. The van der Waals surface area contributed by atoms with E-state index < -0.39 is 5.97 Å². The highest BCUT2D eigenvalue weighted by Crippen LogP contribution is 2.40. The van der Waals surface area contributed by atoms with Gasteiger partial charge in [-0.15, -0.1) is 0 Å². The van der Waals surface area contributed by atoms with E-state index in [-0.39, 0.29) is 17.9 Å². The van der Waals surface area contributed by atoms with Gasteiger partial charge in [-0.1, -0.05) is 12.1 Å². The van der Waals surface area contributed by atoms with Crippen molar-refractivity contribution in [3.05, 3.63) is 24.3 Å². The fourth-order valence-electron chi connectivity index (χ4n) is 2.83. The molecule has 0 aromatic heterocycles. The minimum atomic E-state index is -0.731. The van der Waals surface area contributed by atoms with E-state index in [2.05, 4.69) is 4.90 Å². The van der Waals surface area contributed by atoms with E-state index in [1.165, 1.54) is 0 Å². The van der Waals surface area contributed by atoms with Crippen LogP contribution in [0.5, 0.6) is 0 Å². The average Bonchev–Trinajstić information content (AvgIpc) is 2.33. The second kappa shape index (κ2) is 4.26. The first kappa shape index (κ1) is 12.0. The predicted molar refractivity (Wildman–Crippen MR) is 71.3 cm³/mol. The summed E-state index contributed by atoms with van der Waals surface area (Å²) in [5.41, 5.74) is 1.93. The molecule has 19 heavy (non-hydrogen) atoms. The highest BCUT2D eigenvalue weighted by Gasteiger charge is 2.41. The molecule has 1 aliphatic carbocycles. The van der Waals surface area contributed by atoms with Gasteiger partial charge in [-0.25, -0.2) is 0 Å². The molecule has 0 unspecified atom stereocenters. The monoisotopic (exact) mass is 260 g/mol. The molecule has 5 heteroatoms. The third-order valence-electron chi connectivity index (χ3n) is 4.14. The number of aliphatic carboxylic acids is 1. The molecule has 0 atom stereocenters. The molecule has 1 aromatic carbocycles. The molecular formula is C14H16N2O3. The van der Waals surface area contributed by atoms with Gasteiger partial charge in [-0.2, -0.15) is 0 Å². The van der Waals surface area contributed by atoms with Crippen LogP contribution in [0.2, 0.25) is 0 Å². The van der Waals surface area contributed by atoms with Gasteiger partial charge in [0.2, 0.25) is 5.91 Å². The zero-order valence-electron chi connectivity index (χ0n) is 10.7. The van der Waals surface area contributed by atoms with Gasteiger partial charge in [-0.3, -0.25) is 9.59 Å². The van der Waals surface area contributed by atoms with Crippen LogP contribution in [-0.4, -0.2) is 36.6 Å². The Morgan fingerprint density at radius 3 is 2.53 bits per heavy atom. The number of likely N-dealkylation sites (N-methyl/N-ethyl adjacent to an activating group) is 1. The largest absolute Gasteiger partial charge is 0.481 e. The van der Waals surface area contributed by atoms with Crippen LogP contribution in [-0.2, 0) is 9.59 Å². The number of hydrogen-bond acceptors (Lipinski definition) is 3. The maximum absolute atomic E-state index is 12.0. The molecule has 1 aromatic rings. The van der Waals surface area contributed by atoms with Crippen LogP contribution >= 0.6 is 0 Å². The Morgan fingerprint density at radius 2 is 1.89 bits per heavy atom. The number of amides is 1. The van der Waals surface area contributed by atoms with E-state index >= 15 is 0 Å². The van der Waals surface area contributed by atoms with E-state index in [4.69, 9.17) is 5.11 Å². The lowest BCUT2D eigenvalue weighted by molar-refractivity contribution is -0.145. The van der Waals surface area contributed by atoms with E-state index in [9.17, 15) is 9.59 Å². The van der Waals surface area contributed by atoms with Crippen LogP contribution in [0, 0.1) is 5.92 Å². The van der Waals surface area contributed by atoms with Crippen LogP contribution < -0.4 is 9.80 Å². The summed E-state index contributed by atoms with van der Waals surface area (Å²) in [5.74, 6) is -0.936. The van der Waals surface area contributed by atoms with Crippen molar-refractivity contribution in [3.63, 3.8) is 0 Å². The Hall–Kier alpha value is -2.04. The Morgan fingerprint density at radius 1 is 1.26 bits per heavy atom. The standard InChI is InChI=1S/C14H16N2O3/c1-15-11-4-2-3-5-12(11)16(8-13(15)17)10-6-9(7-10)14(18)19/h2-5,9-10H,6-8H2,1H3,(H,18,19). The van der Waals surface area contributed by atoms with Crippen molar-refractivity contribution in [1.29, 1.82) is 0 Å². The number of carbonyl (C=O) groups excluding carboxylic acids is 1. The van der Waals surface area contributed by atoms with E-state index in [1.807, 2.05) is 24.3 Å². The molecule has 1 amide bonds. The summed E-state index contributed by atoms with van der Waals surface area (Å²) in [7, 11) is 1.78. The number of carboxylic acids is 1. The highest BCUT2D eigenvalue weighted by atomic mass is 16.4. The van der Waals surface area contributed by atoms with Crippen molar-refractivity contribution in [1.82, 2.24) is 0 Å². The molecule has 0 spiro atoms. The molecule has 1 heterocycles. The first-order valence-corrected chi connectivity index (χ1v) is 6.43. The molecule has 1 saturated carbocycles. The van der Waals surface area contributed by atoms with Crippen LogP contribution in [0.4, 0.5) is 11.4 Å². The quantitative estimate of drug-likeness (QED) is 0.871. The fourth-order valence-corrected chi connectivity index (χ4v) is 2.83. The topological polar surface area (TPSA) is 60.9 Å². The zero-order chi connectivity index (χ0) is 13.6. The zero-order valence-corrected chi connectivity index (χ0v) is 10.7. The average molecular weight is 260 g/mol. The van der Waals surface area contributed by atoms with Crippen molar-refractivity contribution >= 4 is 23.3 Å². The van der Waals surface area contributed by atoms with Gasteiger partial charge in [0.1, 0.15) is 0 Å². The van der Waals surface area contributed by atoms with Crippen molar-refractivity contribution in [2.75, 3.05) is 23.4 Å².